The Labute approximate surface area is 218 Å². The molecule has 6 rings (SSSR count). The molecule has 1 saturated carbocycles. The Bertz CT molecular complexity index is 1240. The molecule has 0 unspecified atom stereocenters. The van der Waals surface area contributed by atoms with Crippen molar-refractivity contribution in [2.45, 2.75) is 44.6 Å². The molecule has 0 atom stereocenters. The lowest BCUT2D eigenvalue weighted by Crippen LogP contribution is -2.47. The number of hydrogen-bond acceptors (Lipinski definition) is 7. The summed E-state index contributed by atoms with van der Waals surface area (Å²) in [7, 11) is 0. The molecule has 1 aromatic carbocycles. The van der Waals surface area contributed by atoms with Crippen molar-refractivity contribution >= 4 is 22.8 Å². The van der Waals surface area contributed by atoms with Gasteiger partial charge in [-0.3, -0.25) is 9.88 Å². The van der Waals surface area contributed by atoms with Gasteiger partial charge < -0.3 is 19.7 Å². The SMILES string of the molecule is O=C(N[C@H]1CC[C@H](CCN2CCN(c3nccc4c3OCC4)CC2)CC1)Oc1ccc2ncccc2c1. The summed E-state index contributed by atoms with van der Waals surface area (Å²) < 4.78 is 11.4. The van der Waals surface area contributed by atoms with Crippen LogP contribution in [0.5, 0.6) is 11.5 Å². The number of benzene rings is 1. The molecule has 3 aliphatic rings. The summed E-state index contributed by atoms with van der Waals surface area (Å²) in [6, 6.07) is 11.6. The first-order chi connectivity index (χ1) is 18.2. The van der Waals surface area contributed by atoms with Crippen molar-refractivity contribution in [1.29, 1.82) is 0 Å². The number of pyridine rings is 2. The molecule has 4 heterocycles. The molecule has 194 valence electrons. The third-order valence-corrected chi connectivity index (χ3v) is 8.06. The van der Waals surface area contributed by atoms with Crippen LogP contribution in [0, 0.1) is 5.92 Å². The highest BCUT2D eigenvalue weighted by atomic mass is 16.6. The second-order valence-electron chi connectivity index (χ2n) is 10.4. The lowest BCUT2D eigenvalue weighted by molar-refractivity contribution is 0.182. The fourth-order valence-corrected chi connectivity index (χ4v) is 5.88. The number of piperazine rings is 1. The van der Waals surface area contributed by atoms with Crippen LogP contribution in [0.3, 0.4) is 0 Å². The van der Waals surface area contributed by atoms with E-state index >= 15 is 0 Å². The molecule has 2 fully saturated rings. The van der Waals surface area contributed by atoms with Crippen molar-refractivity contribution in [3.05, 3.63) is 54.4 Å². The van der Waals surface area contributed by atoms with Gasteiger partial charge in [0, 0.05) is 62.0 Å². The highest BCUT2D eigenvalue weighted by molar-refractivity contribution is 5.81. The van der Waals surface area contributed by atoms with E-state index in [2.05, 4.69) is 31.2 Å². The zero-order valence-electron chi connectivity index (χ0n) is 21.3. The smallest absolute Gasteiger partial charge is 0.412 e. The number of fused-ring (bicyclic) bond motifs is 2. The number of aromatic nitrogens is 2. The Morgan fingerprint density at radius 3 is 2.76 bits per heavy atom. The number of anilines is 1. The predicted molar refractivity (Wildman–Crippen MR) is 143 cm³/mol. The maximum Gasteiger partial charge on any atom is 0.412 e. The van der Waals surface area contributed by atoms with Gasteiger partial charge in [0.15, 0.2) is 11.6 Å². The molecule has 37 heavy (non-hydrogen) atoms. The summed E-state index contributed by atoms with van der Waals surface area (Å²) in [5.74, 6) is 3.30. The van der Waals surface area contributed by atoms with Crippen LogP contribution >= 0.6 is 0 Å². The first-order valence-corrected chi connectivity index (χ1v) is 13.6. The van der Waals surface area contributed by atoms with Gasteiger partial charge in [-0.15, -0.1) is 0 Å². The summed E-state index contributed by atoms with van der Waals surface area (Å²) in [6.07, 6.45) is 9.87. The maximum atomic E-state index is 12.5. The third-order valence-electron chi connectivity index (χ3n) is 8.06. The van der Waals surface area contributed by atoms with Crippen molar-refractivity contribution in [1.82, 2.24) is 20.2 Å². The minimum Gasteiger partial charge on any atom is -0.489 e. The zero-order chi connectivity index (χ0) is 25.0. The standard InChI is InChI=1S/C29H35N5O3/c35-29(37-25-7-8-26-23(20-25)2-1-12-30-26)32-24-5-3-21(4-6-24)10-14-33-15-17-34(18-16-33)28-27-22(9-13-31-28)11-19-36-27/h1-2,7-9,12-13,20-21,24H,3-6,10-11,14-19H2,(H,32,35)/t21-,24-. The molecule has 8 heteroatoms. The number of nitrogens with one attached hydrogen (secondary N) is 1. The second-order valence-corrected chi connectivity index (χ2v) is 10.4. The number of rotatable bonds is 6. The van der Waals surface area contributed by atoms with Crippen LogP contribution in [0.15, 0.2) is 48.8 Å². The van der Waals surface area contributed by atoms with Crippen molar-refractivity contribution in [2.75, 3.05) is 44.2 Å². The second kappa shape index (κ2) is 10.9. The Kier molecular flexibility index (Phi) is 7.08. The van der Waals surface area contributed by atoms with E-state index in [1.165, 1.54) is 12.0 Å². The number of carbonyl (C=O) groups excluding carboxylic acids is 1. The summed E-state index contributed by atoms with van der Waals surface area (Å²) in [4.78, 5) is 26.3. The summed E-state index contributed by atoms with van der Waals surface area (Å²) in [5, 5.41) is 4.03. The Hall–Kier alpha value is -3.39. The van der Waals surface area contributed by atoms with Gasteiger partial charge in [0.1, 0.15) is 5.75 Å². The topological polar surface area (TPSA) is 79.8 Å². The number of ether oxygens (including phenoxy) is 2. The van der Waals surface area contributed by atoms with Gasteiger partial charge in [0.25, 0.3) is 0 Å². The fourth-order valence-electron chi connectivity index (χ4n) is 5.88. The molecule has 0 bridgehead atoms. The first-order valence-electron chi connectivity index (χ1n) is 13.6. The molecule has 0 radical (unpaired) electrons. The number of nitrogens with zero attached hydrogens (tertiary/aromatic N) is 4. The van der Waals surface area contributed by atoms with Crippen LogP contribution < -0.4 is 19.7 Å². The van der Waals surface area contributed by atoms with Crippen LogP contribution in [0.25, 0.3) is 10.9 Å². The van der Waals surface area contributed by atoms with Crippen LogP contribution in [-0.2, 0) is 6.42 Å². The first kappa shape index (κ1) is 24.0. The summed E-state index contributed by atoms with van der Waals surface area (Å²) >= 11 is 0. The molecular weight excluding hydrogens is 466 g/mol. The van der Waals surface area contributed by atoms with E-state index < -0.39 is 0 Å². The minimum atomic E-state index is -0.367. The van der Waals surface area contributed by atoms with Gasteiger partial charge in [0.05, 0.1) is 12.1 Å². The monoisotopic (exact) mass is 501 g/mol. The average Bonchev–Trinajstić information content (AvgIpc) is 3.42. The van der Waals surface area contributed by atoms with Gasteiger partial charge in [-0.25, -0.2) is 9.78 Å². The molecule has 2 aliphatic heterocycles. The van der Waals surface area contributed by atoms with Gasteiger partial charge in [-0.1, -0.05) is 6.07 Å². The lowest BCUT2D eigenvalue weighted by Gasteiger charge is -2.37. The van der Waals surface area contributed by atoms with Crippen LogP contribution in [-0.4, -0.2) is 66.3 Å². The van der Waals surface area contributed by atoms with E-state index in [-0.39, 0.29) is 12.1 Å². The molecule has 2 aromatic heterocycles. The summed E-state index contributed by atoms with van der Waals surface area (Å²) in [6.45, 7) is 6.05. The predicted octanol–water partition coefficient (Wildman–Crippen LogP) is 4.42. The molecule has 1 saturated heterocycles. The summed E-state index contributed by atoms with van der Waals surface area (Å²) in [5.41, 5.74) is 2.18. The van der Waals surface area contributed by atoms with E-state index in [1.807, 2.05) is 30.5 Å². The van der Waals surface area contributed by atoms with E-state index in [4.69, 9.17) is 9.47 Å². The number of amides is 1. The quantitative estimate of drug-likeness (QED) is 0.535. The molecule has 1 N–H and O–H groups in total. The van der Waals surface area contributed by atoms with Gasteiger partial charge in [-0.2, -0.15) is 0 Å². The van der Waals surface area contributed by atoms with Crippen molar-refractivity contribution in [2.24, 2.45) is 5.92 Å². The Morgan fingerprint density at radius 2 is 1.89 bits per heavy atom. The van der Waals surface area contributed by atoms with Crippen LogP contribution in [0.4, 0.5) is 10.6 Å². The van der Waals surface area contributed by atoms with Crippen molar-refractivity contribution in [3.63, 3.8) is 0 Å². The molecule has 0 spiro atoms. The lowest BCUT2D eigenvalue weighted by atomic mass is 9.84. The van der Waals surface area contributed by atoms with Gasteiger partial charge >= 0.3 is 6.09 Å². The largest absolute Gasteiger partial charge is 0.489 e. The molecule has 3 aromatic rings. The van der Waals surface area contributed by atoms with Crippen molar-refractivity contribution in [3.8, 4) is 11.5 Å². The van der Waals surface area contributed by atoms with Crippen molar-refractivity contribution < 1.29 is 14.3 Å². The molecule has 8 nitrogen and oxygen atoms in total. The van der Waals surface area contributed by atoms with Crippen LogP contribution in [0.1, 0.15) is 37.7 Å². The normalized spacial score (nSPS) is 21.9. The molecular formula is C29H35N5O3. The average molecular weight is 502 g/mol. The highest BCUT2D eigenvalue weighted by Crippen LogP contribution is 2.34. The number of carbonyl (C=O) groups is 1. The van der Waals surface area contributed by atoms with E-state index in [1.54, 1.807) is 12.3 Å². The van der Waals surface area contributed by atoms with E-state index in [0.717, 1.165) is 99.8 Å². The number of hydrogen-bond donors (Lipinski definition) is 1. The van der Waals surface area contributed by atoms with E-state index in [9.17, 15) is 4.79 Å². The maximum absolute atomic E-state index is 12.5. The van der Waals surface area contributed by atoms with Gasteiger partial charge in [0.2, 0.25) is 0 Å². The molecule has 1 amide bonds. The Balaban J connectivity index is 0.903. The highest BCUT2D eigenvalue weighted by Gasteiger charge is 2.27. The minimum absolute atomic E-state index is 0.191. The van der Waals surface area contributed by atoms with Gasteiger partial charge in [-0.05, 0) is 74.9 Å². The fraction of sp³-hybridized carbons (Fsp3) is 0.483. The van der Waals surface area contributed by atoms with E-state index in [0.29, 0.717) is 5.75 Å². The molecule has 1 aliphatic carbocycles. The Morgan fingerprint density at radius 1 is 1.03 bits per heavy atom. The zero-order valence-corrected chi connectivity index (χ0v) is 21.3. The third kappa shape index (κ3) is 5.64. The van der Waals surface area contributed by atoms with Crippen LogP contribution in [0.2, 0.25) is 0 Å².